The van der Waals surface area contributed by atoms with Crippen molar-refractivity contribution in [1.82, 2.24) is 0 Å². The number of rotatable bonds is 4. The molecule has 0 saturated carbocycles. The first kappa shape index (κ1) is 8.27. The normalized spacial score (nSPS) is 13.9. The third kappa shape index (κ3) is 4.43. The lowest BCUT2D eigenvalue weighted by Gasteiger charge is -2.05. The van der Waals surface area contributed by atoms with Crippen LogP contribution < -0.4 is 0 Å². The van der Waals surface area contributed by atoms with E-state index in [9.17, 15) is 0 Å². The standard InChI is InChI=1S/C5H12O2S/c1-5(7-2)8-4-3-6/h5-6H,3-4H2,1-2H3. The summed E-state index contributed by atoms with van der Waals surface area (Å²) < 4.78 is 4.90. The SMILES string of the molecule is COC(C)SCCO. The lowest BCUT2D eigenvalue weighted by molar-refractivity contribution is 0.187. The average Bonchev–Trinajstić information content (AvgIpc) is 1.83. The molecular weight excluding hydrogens is 124 g/mol. The number of aliphatic hydroxyl groups excluding tert-OH is 1. The third-order valence-electron chi connectivity index (χ3n) is 0.776. The van der Waals surface area contributed by atoms with Gasteiger partial charge in [-0.2, -0.15) is 0 Å². The van der Waals surface area contributed by atoms with Gasteiger partial charge >= 0.3 is 0 Å². The molecule has 0 spiro atoms. The summed E-state index contributed by atoms with van der Waals surface area (Å²) in [5.74, 6) is 0.759. The Labute approximate surface area is 54.2 Å². The maximum Gasteiger partial charge on any atom is 0.0996 e. The fraction of sp³-hybridized carbons (Fsp3) is 1.00. The molecule has 1 atom stereocenters. The highest BCUT2D eigenvalue weighted by Crippen LogP contribution is 2.08. The van der Waals surface area contributed by atoms with Crippen molar-refractivity contribution in [2.75, 3.05) is 19.5 Å². The van der Waals surface area contributed by atoms with E-state index in [0.717, 1.165) is 5.75 Å². The summed E-state index contributed by atoms with van der Waals surface area (Å²) in [7, 11) is 1.66. The van der Waals surface area contributed by atoms with Crippen molar-refractivity contribution in [2.45, 2.75) is 12.4 Å². The lowest BCUT2D eigenvalue weighted by atomic mass is 10.8. The zero-order valence-electron chi connectivity index (χ0n) is 5.26. The van der Waals surface area contributed by atoms with Gasteiger partial charge in [0.05, 0.1) is 12.0 Å². The summed E-state index contributed by atoms with van der Waals surface area (Å²) in [6.07, 6.45) is 0. The van der Waals surface area contributed by atoms with Crippen molar-refractivity contribution >= 4 is 11.8 Å². The smallest absolute Gasteiger partial charge is 0.0996 e. The minimum Gasteiger partial charge on any atom is -0.396 e. The van der Waals surface area contributed by atoms with Gasteiger partial charge in [0.15, 0.2) is 0 Å². The first-order valence-corrected chi connectivity index (χ1v) is 3.61. The Morgan fingerprint density at radius 3 is 2.75 bits per heavy atom. The molecular formula is C5H12O2S. The van der Waals surface area contributed by atoms with E-state index in [-0.39, 0.29) is 12.0 Å². The maximum atomic E-state index is 8.33. The molecule has 0 aromatic rings. The van der Waals surface area contributed by atoms with Crippen LogP contribution in [0.3, 0.4) is 0 Å². The predicted octanol–water partition coefficient (Wildman–Crippen LogP) is 0.704. The molecule has 2 nitrogen and oxygen atoms in total. The van der Waals surface area contributed by atoms with Crippen LogP contribution >= 0.6 is 11.8 Å². The largest absolute Gasteiger partial charge is 0.396 e. The summed E-state index contributed by atoms with van der Waals surface area (Å²) in [5, 5.41) is 8.33. The van der Waals surface area contributed by atoms with Crippen LogP contribution in [0.15, 0.2) is 0 Å². The zero-order valence-corrected chi connectivity index (χ0v) is 6.07. The minimum atomic E-state index is 0.210. The van der Waals surface area contributed by atoms with E-state index in [1.54, 1.807) is 18.9 Å². The maximum absolute atomic E-state index is 8.33. The summed E-state index contributed by atoms with van der Waals surface area (Å²) in [6, 6.07) is 0. The molecule has 8 heavy (non-hydrogen) atoms. The third-order valence-corrected chi connectivity index (χ3v) is 1.86. The molecule has 1 N–H and O–H groups in total. The highest BCUT2D eigenvalue weighted by atomic mass is 32.2. The number of thioether (sulfide) groups is 1. The van der Waals surface area contributed by atoms with Gasteiger partial charge in [0, 0.05) is 12.9 Å². The van der Waals surface area contributed by atoms with Crippen LogP contribution in [0.4, 0.5) is 0 Å². The second-order valence-electron chi connectivity index (χ2n) is 1.40. The Morgan fingerprint density at radius 2 is 2.38 bits per heavy atom. The van der Waals surface area contributed by atoms with Crippen LogP contribution in [0, 0.1) is 0 Å². The molecule has 0 amide bonds. The van der Waals surface area contributed by atoms with Crippen LogP contribution in [-0.2, 0) is 4.74 Å². The van der Waals surface area contributed by atoms with Crippen molar-refractivity contribution in [2.24, 2.45) is 0 Å². The van der Waals surface area contributed by atoms with Crippen molar-refractivity contribution in [3.8, 4) is 0 Å². The van der Waals surface area contributed by atoms with Gasteiger partial charge < -0.3 is 9.84 Å². The Kier molecular flexibility index (Phi) is 5.59. The van der Waals surface area contributed by atoms with E-state index >= 15 is 0 Å². The van der Waals surface area contributed by atoms with E-state index < -0.39 is 0 Å². The Balaban J connectivity index is 2.86. The van der Waals surface area contributed by atoms with E-state index in [0.29, 0.717) is 0 Å². The summed E-state index contributed by atoms with van der Waals surface area (Å²) in [6.45, 7) is 2.19. The summed E-state index contributed by atoms with van der Waals surface area (Å²) in [5.41, 5.74) is 0.210. The second-order valence-corrected chi connectivity index (χ2v) is 2.80. The van der Waals surface area contributed by atoms with E-state index in [4.69, 9.17) is 9.84 Å². The van der Waals surface area contributed by atoms with Crippen LogP contribution in [0.2, 0.25) is 0 Å². The molecule has 0 aromatic heterocycles. The van der Waals surface area contributed by atoms with Crippen molar-refractivity contribution in [1.29, 1.82) is 0 Å². The molecule has 1 unspecified atom stereocenters. The second kappa shape index (κ2) is 5.41. The van der Waals surface area contributed by atoms with Crippen LogP contribution in [0.25, 0.3) is 0 Å². The molecule has 0 radical (unpaired) electrons. The van der Waals surface area contributed by atoms with Crippen molar-refractivity contribution in [3.63, 3.8) is 0 Å². The molecule has 0 aliphatic rings. The van der Waals surface area contributed by atoms with E-state index in [1.807, 2.05) is 6.92 Å². The monoisotopic (exact) mass is 136 g/mol. The van der Waals surface area contributed by atoms with Gasteiger partial charge in [0.25, 0.3) is 0 Å². The molecule has 3 heteroatoms. The highest BCUT2D eigenvalue weighted by molar-refractivity contribution is 7.99. The fourth-order valence-corrected chi connectivity index (χ4v) is 0.860. The van der Waals surface area contributed by atoms with Crippen LogP contribution in [0.1, 0.15) is 6.92 Å². The molecule has 0 heterocycles. The number of ether oxygens (including phenoxy) is 1. The number of hydrogen-bond donors (Lipinski definition) is 1. The zero-order chi connectivity index (χ0) is 6.41. The first-order chi connectivity index (χ1) is 3.81. The van der Waals surface area contributed by atoms with Gasteiger partial charge in [-0.05, 0) is 6.92 Å². The molecule has 0 aliphatic heterocycles. The molecule has 0 fully saturated rings. The highest BCUT2D eigenvalue weighted by Gasteiger charge is 1.95. The van der Waals surface area contributed by atoms with Gasteiger partial charge in [0.2, 0.25) is 0 Å². The van der Waals surface area contributed by atoms with Crippen LogP contribution in [-0.4, -0.2) is 30.0 Å². The minimum absolute atomic E-state index is 0.210. The van der Waals surface area contributed by atoms with Gasteiger partial charge in [-0.25, -0.2) is 0 Å². The number of methoxy groups -OCH3 is 1. The molecule has 0 bridgehead atoms. The predicted molar refractivity (Wildman–Crippen MR) is 36.0 cm³/mol. The average molecular weight is 136 g/mol. The van der Waals surface area contributed by atoms with Gasteiger partial charge in [-0.1, -0.05) is 0 Å². The van der Waals surface area contributed by atoms with Crippen LogP contribution in [0.5, 0.6) is 0 Å². The molecule has 0 saturated heterocycles. The first-order valence-electron chi connectivity index (χ1n) is 2.56. The molecule has 50 valence electrons. The lowest BCUT2D eigenvalue weighted by Crippen LogP contribution is -2.00. The van der Waals surface area contributed by atoms with E-state index in [1.165, 1.54) is 0 Å². The number of aliphatic hydroxyl groups is 1. The van der Waals surface area contributed by atoms with Gasteiger partial charge in [0.1, 0.15) is 0 Å². The topological polar surface area (TPSA) is 29.5 Å². The Bertz CT molecular complexity index is 49.7. The van der Waals surface area contributed by atoms with Crippen molar-refractivity contribution in [3.05, 3.63) is 0 Å². The van der Waals surface area contributed by atoms with Gasteiger partial charge in [-0.3, -0.25) is 0 Å². The Morgan fingerprint density at radius 1 is 1.75 bits per heavy atom. The summed E-state index contributed by atoms with van der Waals surface area (Å²) >= 11 is 1.60. The van der Waals surface area contributed by atoms with Crippen molar-refractivity contribution < 1.29 is 9.84 Å². The molecule has 0 aromatic carbocycles. The fourth-order valence-electron chi connectivity index (χ4n) is 0.287. The Hall–Kier alpha value is 0.270. The molecule has 0 aliphatic carbocycles. The van der Waals surface area contributed by atoms with E-state index in [2.05, 4.69) is 0 Å². The number of hydrogen-bond acceptors (Lipinski definition) is 3. The quantitative estimate of drug-likeness (QED) is 0.577. The summed E-state index contributed by atoms with van der Waals surface area (Å²) in [4.78, 5) is 0. The van der Waals surface area contributed by atoms with Gasteiger partial charge in [-0.15, -0.1) is 11.8 Å². The molecule has 0 rings (SSSR count).